The number of nitrogens with zero attached hydrogens (tertiary/aromatic N) is 1. The van der Waals surface area contributed by atoms with E-state index in [1.54, 1.807) is 0 Å². The Hall–Kier alpha value is -0.580. The Morgan fingerprint density at radius 1 is 1.20 bits per heavy atom. The monoisotopic (exact) mass is 338 g/mol. The summed E-state index contributed by atoms with van der Waals surface area (Å²) in [5.41, 5.74) is 2.76. The van der Waals surface area contributed by atoms with Crippen molar-refractivity contribution in [3.05, 3.63) is 28.2 Å². The molecule has 1 N–H and O–H groups in total. The fourth-order valence-corrected chi connectivity index (χ4v) is 3.52. The molecule has 0 amide bonds. The maximum absolute atomic E-state index is 5.46. The molecule has 0 spiro atoms. The summed E-state index contributed by atoms with van der Waals surface area (Å²) in [6.07, 6.45) is 5.44. The lowest BCUT2D eigenvalue weighted by atomic mass is 10.1. The van der Waals surface area contributed by atoms with E-state index in [2.05, 4.69) is 44.3 Å². The summed E-state index contributed by atoms with van der Waals surface area (Å²) in [7, 11) is 0. The Morgan fingerprint density at radius 2 is 1.95 bits per heavy atom. The van der Waals surface area contributed by atoms with Gasteiger partial charge in [-0.05, 0) is 30.5 Å². The van der Waals surface area contributed by atoms with Gasteiger partial charge in [-0.3, -0.25) is 0 Å². The van der Waals surface area contributed by atoms with E-state index in [-0.39, 0.29) is 0 Å². The fraction of sp³-hybridized carbons (Fsp3) is 0.625. The van der Waals surface area contributed by atoms with Gasteiger partial charge in [0.15, 0.2) is 0 Å². The van der Waals surface area contributed by atoms with Gasteiger partial charge in [0.1, 0.15) is 0 Å². The second-order valence-corrected chi connectivity index (χ2v) is 6.65. The van der Waals surface area contributed by atoms with Crippen LogP contribution < -0.4 is 10.2 Å². The van der Waals surface area contributed by atoms with Gasteiger partial charge in [0, 0.05) is 35.8 Å². The highest BCUT2D eigenvalue weighted by molar-refractivity contribution is 9.10. The first-order valence-electron chi connectivity index (χ1n) is 7.67. The summed E-state index contributed by atoms with van der Waals surface area (Å²) in [5, 5.41) is 3.72. The van der Waals surface area contributed by atoms with Crippen LogP contribution in [0.3, 0.4) is 0 Å². The number of nitrogens with one attached hydrogen (secondary N) is 1. The van der Waals surface area contributed by atoms with Crippen LogP contribution in [0, 0.1) is 0 Å². The molecule has 3 rings (SSSR count). The first-order valence-corrected chi connectivity index (χ1v) is 8.47. The van der Waals surface area contributed by atoms with E-state index in [4.69, 9.17) is 4.74 Å². The number of anilines is 1. The molecule has 1 saturated heterocycles. The zero-order chi connectivity index (χ0) is 13.8. The summed E-state index contributed by atoms with van der Waals surface area (Å²) < 4.78 is 6.62. The summed E-state index contributed by atoms with van der Waals surface area (Å²) in [6, 6.07) is 7.36. The van der Waals surface area contributed by atoms with Crippen LogP contribution in [0.25, 0.3) is 0 Å². The van der Waals surface area contributed by atoms with E-state index in [9.17, 15) is 0 Å². The van der Waals surface area contributed by atoms with Gasteiger partial charge in [-0.1, -0.05) is 34.8 Å². The van der Waals surface area contributed by atoms with Crippen LogP contribution in [0.15, 0.2) is 22.7 Å². The highest BCUT2D eigenvalue weighted by Gasteiger charge is 2.17. The van der Waals surface area contributed by atoms with Gasteiger partial charge in [-0.2, -0.15) is 0 Å². The van der Waals surface area contributed by atoms with E-state index in [1.807, 2.05) is 0 Å². The average molecular weight is 339 g/mol. The number of rotatable bonds is 4. The van der Waals surface area contributed by atoms with Crippen LogP contribution >= 0.6 is 15.9 Å². The van der Waals surface area contributed by atoms with Crippen LogP contribution in [0.5, 0.6) is 0 Å². The van der Waals surface area contributed by atoms with Crippen molar-refractivity contribution in [2.45, 2.75) is 38.3 Å². The lowest BCUT2D eigenvalue weighted by Gasteiger charge is -2.31. The molecule has 0 radical (unpaired) electrons. The Kier molecular flexibility index (Phi) is 4.97. The van der Waals surface area contributed by atoms with Gasteiger partial charge in [0.25, 0.3) is 0 Å². The maximum atomic E-state index is 5.46. The first-order chi connectivity index (χ1) is 9.83. The van der Waals surface area contributed by atoms with Crippen molar-refractivity contribution in [2.24, 2.45) is 0 Å². The topological polar surface area (TPSA) is 24.5 Å². The van der Waals surface area contributed by atoms with Crippen molar-refractivity contribution in [3.8, 4) is 0 Å². The molecule has 110 valence electrons. The van der Waals surface area contributed by atoms with Gasteiger partial charge in [-0.25, -0.2) is 0 Å². The number of hydrogen-bond donors (Lipinski definition) is 1. The number of halogens is 1. The predicted octanol–water partition coefficient (Wildman–Crippen LogP) is 3.32. The summed E-state index contributed by atoms with van der Waals surface area (Å²) >= 11 is 3.60. The van der Waals surface area contributed by atoms with Crippen molar-refractivity contribution in [1.82, 2.24) is 5.32 Å². The Bertz CT molecular complexity index is 440. The zero-order valence-electron chi connectivity index (χ0n) is 11.9. The quantitative estimate of drug-likeness (QED) is 0.911. The summed E-state index contributed by atoms with van der Waals surface area (Å²) in [5.74, 6) is 0. The van der Waals surface area contributed by atoms with Crippen molar-refractivity contribution >= 4 is 21.6 Å². The lowest BCUT2D eigenvalue weighted by Crippen LogP contribution is -2.37. The van der Waals surface area contributed by atoms with E-state index in [0.29, 0.717) is 0 Å². The largest absolute Gasteiger partial charge is 0.378 e. The fourth-order valence-electron chi connectivity index (χ4n) is 3.17. The molecular formula is C16H23BrN2O. The minimum Gasteiger partial charge on any atom is -0.378 e. The Balaban J connectivity index is 1.71. The standard InChI is InChI=1S/C16H23BrN2O/c17-14-6-5-13(12-18-15-3-1-2-4-15)16(11-14)19-7-9-20-10-8-19/h5-6,11,15,18H,1-4,7-10,12H2. The normalized spacial score (nSPS) is 20.6. The van der Waals surface area contributed by atoms with E-state index < -0.39 is 0 Å². The Morgan fingerprint density at radius 3 is 2.70 bits per heavy atom. The van der Waals surface area contributed by atoms with Crippen LogP contribution in [0.2, 0.25) is 0 Å². The van der Waals surface area contributed by atoms with Gasteiger partial charge >= 0.3 is 0 Å². The zero-order valence-corrected chi connectivity index (χ0v) is 13.5. The molecular weight excluding hydrogens is 316 g/mol. The third kappa shape index (κ3) is 3.54. The number of hydrogen-bond acceptors (Lipinski definition) is 3. The van der Waals surface area contributed by atoms with E-state index in [0.717, 1.165) is 43.4 Å². The molecule has 0 bridgehead atoms. The van der Waals surface area contributed by atoms with E-state index in [1.165, 1.54) is 36.9 Å². The molecule has 1 aliphatic carbocycles. The van der Waals surface area contributed by atoms with Crippen LogP contribution in [0.4, 0.5) is 5.69 Å². The molecule has 1 aromatic carbocycles. The maximum Gasteiger partial charge on any atom is 0.0642 e. The number of ether oxygens (including phenoxy) is 1. The number of morpholine rings is 1. The molecule has 20 heavy (non-hydrogen) atoms. The lowest BCUT2D eigenvalue weighted by molar-refractivity contribution is 0.122. The molecule has 2 fully saturated rings. The minimum atomic E-state index is 0.719. The second kappa shape index (κ2) is 6.92. The molecule has 1 heterocycles. The number of benzene rings is 1. The molecule has 1 saturated carbocycles. The third-order valence-corrected chi connectivity index (χ3v) is 4.83. The molecule has 0 atom stereocenters. The SMILES string of the molecule is Brc1ccc(CNC2CCCC2)c(N2CCOCC2)c1. The van der Waals surface area contributed by atoms with Crippen molar-refractivity contribution in [2.75, 3.05) is 31.2 Å². The summed E-state index contributed by atoms with van der Waals surface area (Å²) in [4.78, 5) is 2.44. The van der Waals surface area contributed by atoms with Crippen LogP contribution in [-0.2, 0) is 11.3 Å². The van der Waals surface area contributed by atoms with Crippen molar-refractivity contribution < 1.29 is 4.74 Å². The Labute approximate surface area is 129 Å². The smallest absolute Gasteiger partial charge is 0.0642 e. The van der Waals surface area contributed by atoms with Gasteiger partial charge in [0.05, 0.1) is 13.2 Å². The van der Waals surface area contributed by atoms with Gasteiger partial charge in [0.2, 0.25) is 0 Å². The molecule has 4 heteroatoms. The summed E-state index contributed by atoms with van der Waals surface area (Å²) in [6.45, 7) is 4.63. The molecule has 1 aliphatic heterocycles. The second-order valence-electron chi connectivity index (χ2n) is 5.73. The predicted molar refractivity (Wildman–Crippen MR) is 86.3 cm³/mol. The molecule has 2 aliphatic rings. The van der Waals surface area contributed by atoms with Crippen molar-refractivity contribution in [3.63, 3.8) is 0 Å². The highest BCUT2D eigenvalue weighted by Crippen LogP contribution is 2.27. The van der Waals surface area contributed by atoms with Crippen molar-refractivity contribution in [1.29, 1.82) is 0 Å². The van der Waals surface area contributed by atoms with Crippen LogP contribution in [-0.4, -0.2) is 32.3 Å². The molecule has 1 aromatic rings. The average Bonchev–Trinajstić information content (AvgIpc) is 3.00. The highest BCUT2D eigenvalue weighted by atomic mass is 79.9. The minimum absolute atomic E-state index is 0.719. The molecule has 0 unspecified atom stereocenters. The van der Waals surface area contributed by atoms with E-state index >= 15 is 0 Å². The van der Waals surface area contributed by atoms with Gasteiger partial charge in [-0.15, -0.1) is 0 Å². The van der Waals surface area contributed by atoms with Gasteiger partial charge < -0.3 is 15.0 Å². The van der Waals surface area contributed by atoms with Crippen LogP contribution in [0.1, 0.15) is 31.2 Å². The first kappa shape index (κ1) is 14.4. The molecule has 0 aromatic heterocycles. The molecule has 3 nitrogen and oxygen atoms in total. The third-order valence-electron chi connectivity index (χ3n) is 4.34.